The minimum atomic E-state index is -4.49. The fourth-order valence-corrected chi connectivity index (χ4v) is 1.38. The molecular weight excluding hydrogens is 247 g/mol. The van der Waals surface area contributed by atoms with Crippen LogP contribution in [0.5, 0.6) is 0 Å². The Hall–Kier alpha value is -1.29. The molecule has 1 rings (SSSR count). The first kappa shape index (κ1) is 14.8. The van der Waals surface area contributed by atoms with Gasteiger partial charge in [-0.2, -0.15) is 18.4 Å². The van der Waals surface area contributed by atoms with E-state index in [1.807, 2.05) is 0 Å². The molecule has 0 aromatic heterocycles. The van der Waals surface area contributed by atoms with Gasteiger partial charge in [0.25, 0.3) is 0 Å². The van der Waals surface area contributed by atoms with Crippen LogP contribution in [-0.4, -0.2) is 31.2 Å². The molecule has 0 aliphatic heterocycles. The van der Waals surface area contributed by atoms with E-state index < -0.39 is 18.6 Å². The first-order valence-electron chi connectivity index (χ1n) is 5.90. The third kappa shape index (κ3) is 5.87. The predicted molar refractivity (Wildman–Crippen MR) is 58.4 cm³/mol. The number of hydrogen-bond acceptors (Lipinski definition) is 3. The second-order valence-electron chi connectivity index (χ2n) is 4.37. The van der Waals surface area contributed by atoms with Gasteiger partial charge in [0.15, 0.2) is 5.92 Å². The largest absolute Gasteiger partial charge is 0.405 e. The van der Waals surface area contributed by atoms with Crippen LogP contribution in [0, 0.1) is 17.2 Å². The van der Waals surface area contributed by atoms with E-state index in [2.05, 4.69) is 10.6 Å². The third-order valence-corrected chi connectivity index (χ3v) is 2.60. The molecule has 4 nitrogen and oxygen atoms in total. The highest BCUT2D eigenvalue weighted by Crippen LogP contribution is 2.24. The Labute approximate surface area is 104 Å². The van der Waals surface area contributed by atoms with Gasteiger partial charge in [0.05, 0.1) is 6.07 Å². The van der Waals surface area contributed by atoms with Gasteiger partial charge >= 0.3 is 6.18 Å². The Bertz CT molecular complexity index is 320. The number of nitriles is 1. The number of carbonyl (C=O) groups is 1. The van der Waals surface area contributed by atoms with E-state index in [-0.39, 0.29) is 5.91 Å². The summed E-state index contributed by atoms with van der Waals surface area (Å²) in [6, 6.07) is 1.51. The highest BCUT2D eigenvalue weighted by molar-refractivity contribution is 5.76. The molecule has 1 saturated carbocycles. The fourth-order valence-electron chi connectivity index (χ4n) is 1.38. The minimum absolute atomic E-state index is 0.0630. The van der Waals surface area contributed by atoms with Crippen molar-refractivity contribution in [2.45, 2.75) is 37.9 Å². The third-order valence-electron chi connectivity index (χ3n) is 2.60. The first-order chi connectivity index (χ1) is 8.43. The maximum Gasteiger partial charge on any atom is 0.405 e. The molecule has 0 saturated heterocycles. The first-order valence-corrected chi connectivity index (χ1v) is 5.90. The highest BCUT2D eigenvalue weighted by atomic mass is 19.4. The van der Waals surface area contributed by atoms with Crippen LogP contribution in [0.3, 0.4) is 0 Å². The Balaban J connectivity index is 2.03. The van der Waals surface area contributed by atoms with E-state index in [9.17, 15) is 18.0 Å². The van der Waals surface area contributed by atoms with Crippen LogP contribution in [0.15, 0.2) is 0 Å². The SMILES string of the molecule is N#CC(CNCCCC(=O)NC1CC1)C(F)(F)F. The average molecular weight is 263 g/mol. The minimum Gasteiger partial charge on any atom is -0.353 e. The molecule has 0 aromatic rings. The molecule has 2 N–H and O–H groups in total. The van der Waals surface area contributed by atoms with Crippen molar-refractivity contribution in [2.75, 3.05) is 13.1 Å². The standard InChI is InChI=1S/C11H16F3N3O/c12-11(13,14)8(6-15)7-16-5-1-2-10(18)17-9-3-4-9/h8-9,16H,1-5,7H2,(H,17,18). The van der Waals surface area contributed by atoms with Gasteiger partial charge in [-0.15, -0.1) is 0 Å². The second kappa shape index (κ2) is 6.59. The number of nitrogens with one attached hydrogen (secondary N) is 2. The lowest BCUT2D eigenvalue weighted by Crippen LogP contribution is -2.33. The van der Waals surface area contributed by atoms with E-state index in [4.69, 9.17) is 5.26 Å². The molecule has 1 unspecified atom stereocenters. The predicted octanol–water partition coefficient (Wildman–Crippen LogP) is 1.34. The number of carbonyl (C=O) groups excluding carboxylic acids is 1. The van der Waals surface area contributed by atoms with Crippen molar-refractivity contribution in [3.63, 3.8) is 0 Å². The number of amides is 1. The molecule has 0 radical (unpaired) electrons. The highest BCUT2D eigenvalue weighted by Gasteiger charge is 2.39. The zero-order valence-electron chi connectivity index (χ0n) is 9.89. The summed E-state index contributed by atoms with van der Waals surface area (Å²) in [5.41, 5.74) is 0. The van der Waals surface area contributed by atoms with E-state index >= 15 is 0 Å². The molecule has 102 valence electrons. The van der Waals surface area contributed by atoms with Crippen molar-refractivity contribution >= 4 is 5.91 Å². The maximum absolute atomic E-state index is 12.2. The molecule has 7 heteroatoms. The van der Waals surface area contributed by atoms with Crippen LogP contribution in [0.25, 0.3) is 0 Å². The van der Waals surface area contributed by atoms with Crippen molar-refractivity contribution in [3.8, 4) is 6.07 Å². The van der Waals surface area contributed by atoms with Crippen LogP contribution >= 0.6 is 0 Å². The van der Waals surface area contributed by atoms with Crippen LogP contribution in [-0.2, 0) is 4.79 Å². The number of nitrogens with zero attached hydrogens (tertiary/aromatic N) is 1. The monoisotopic (exact) mass is 263 g/mol. The lowest BCUT2D eigenvalue weighted by molar-refractivity contribution is -0.157. The van der Waals surface area contributed by atoms with E-state index in [0.29, 0.717) is 25.4 Å². The van der Waals surface area contributed by atoms with Crippen molar-refractivity contribution < 1.29 is 18.0 Å². The molecule has 1 aliphatic rings. The lowest BCUT2D eigenvalue weighted by Gasteiger charge is -2.13. The van der Waals surface area contributed by atoms with Crippen LogP contribution < -0.4 is 10.6 Å². The number of alkyl halides is 3. The molecule has 1 atom stereocenters. The summed E-state index contributed by atoms with van der Waals surface area (Å²) in [5, 5.41) is 13.7. The van der Waals surface area contributed by atoms with E-state index in [1.54, 1.807) is 0 Å². The summed E-state index contributed by atoms with van der Waals surface area (Å²) in [6.45, 7) is -0.128. The van der Waals surface area contributed by atoms with Crippen molar-refractivity contribution in [3.05, 3.63) is 0 Å². The molecule has 0 bridgehead atoms. The number of hydrogen-bond donors (Lipinski definition) is 2. The van der Waals surface area contributed by atoms with Gasteiger partial charge in [0.1, 0.15) is 0 Å². The molecule has 1 amide bonds. The zero-order valence-corrected chi connectivity index (χ0v) is 9.89. The average Bonchev–Trinajstić information content (AvgIpc) is 3.05. The summed E-state index contributed by atoms with van der Waals surface area (Å²) in [6.07, 6.45) is -1.70. The lowest BCUT2D eigenvalue weighted by atomic mass is 10.1. The van der Waals surface area contributed by atoms with Gasteiger partial charge in [-0.05, 0) is 25.8 Å². The Morgan fingerprint density at radius 1 is 1.44 bits per heavy atom. The summed E-state index contributed by atoms with van der Waals surface area (Å²) in [5.74, 6) is -2.05. The molecule has 0 spiro atoms. The van der Waals surface area contributed by atoms with Gasteiger partial charge in [-0.25, -0.2) is 0 Å². The summed E-state index contributed by atoms with van der Waals surface area (Å²) < 4.78 is 36.5. The zero-order chi connectivity index (χ0) is 13.6. The Kier molecular flexibility index (Phi) is 5.41. The van der Waals surface area contributed by atoms with E-state index in [1.165, 1.54) is 6.07 Å². The molecule has 0 aromatic carbocycles. The fraction of sp³-hybridized carbons (Fsp3) is 0.818. The van der Waals surface area contributed by atoms with Crippen molar-refractivity contribution in [1.82, 2.24) is 10.6 Å². The second-order valence-corrected chi connectivity index (χ2v) is 4.37. The van der Waals surface area contributed by atoms with E-state index in [0.717, 1.165) is 12.8 Å². The van der Waals surface area contributed by atoms with Crippen molar-refractivity contribution in [2.24, 2.45) is 5.92 Å². The summed E-state index contributed by atoms with van der Waals surface area (Å²) in [4.78, 5) is 11.2. The van der Waals surface area contributed by atoms with Gasteiger partial charge in [-0.3, -0.25) is 4.79 Å². The molecule has 1 aliphatic carbocycles. The molecular formula is C11H16F3N3O. The van der Waals surface area contributed by atoms with Crippen LogP contribution in [0.4, 0.5) is 13.2 Å². The van der Waals surface area contributed by atoms with Gasteiger partial charge in [-0.1, -0.05) is 0 Å². The topological polar surface area (TPSA) is 64.9 Å². The maximum atomic E-state index is 12.2. The van der Waals surface area contributed by atoms with Gasteiger partial charge < -0.3 is 10.6 Å². The molecule has 0 heterocycles. The summed E-state index contributed by atoms with van der Waals surface area (Å²) in [7, 11) is 0. The number of rotatable bonds is 7. The Morgan fingerprint density at radius 3 is 2.61 bits per heavy atom. The number of halogens is 3. The Morgan fingerprint density at radius 2 is 2.11 bits per heavy atom. The van der Waals surface area contributed by atoms with Gasteiger partial charge in [0, 0.05) is 19.0 Å². The summed E-state index contributed by atoms with van der Waals surface area (Å²) >= 11 is 0. The van der Waals surface area contributed by atoms with Crippen LogP contribution in [0.1, 0.15) is 25.7 Å². The molecule has 1 fully saturated rings. The van der Waals surface area contributed by atoms with Crippen molar-refractivity contribution in [1.29, 1.82) is 5.26 Å². The normalized spacial score (nSPS) is 17.0. The quantitative estimate of drug-likeness (QED) is 0.681. The smallest absolute Gasteiger partial charge is 0.353 e. The molecule has 18 heavy (non-hydrogen) atoms. The van der Waals surface area contributed by atoms with Crippen LogP contribution in [0.2, 0.25) is 0 Å². The van der Waals surface area contributed by atoms with Gasteiger partial charge in [0.2, 0.25) is 5.91 Å².